The van der Waals surface area contributed by atoms with Gasteiger partial charge in [0.1, 0.15) is 12.4 Å². The molecule has 2 aromatic heterocycles. The third-order valence-corrected chi connectivity index (χ3v) is 4.68. The van der Waals surface area contributed by atoms with Crippen molar-refractivity contribution >= 4 is 33.4 Å². The Balaban J connectivity index is 1.91. The van der Waals surface area contributed by atoms with E-state index in [-0.39, 0.29) is 5.56 Å². The van der Waals surface area contributed by atoms with Crippen LogP contribution in [-0.2, 0) is 0 Å². The van der Waals surface area contributed by atoms with Gasteiger partial charge >= 0.3 is 0 Å². The Hall–Kier alpha value is -2.92. The number of ether oxygens (including phenoxy) is 1. The molecule has 118 valence electrons. The molecule has 4 nitrogen and oxygen atoms in total. The third-order valence-electron chi connectivity index (χ3n) is 3.71. The number of imidazole rings is 1. The molecule has 0 aliphatic rings. The van der Waals surface area contributed by atoms with Gasteiger partial charge in [-0.2, -0.15) is 0 Å². The fourth-order valence-electron chi connectivity index (χ4n) is 2.63. The van der Waals surface area contributed by atoms with Crippen LogP contribution >= 0.6 is 11.3 Å². The number of para-hydroxylation sites is 3. The zero-order valence-electron chi connectivity index (χ0n) is 12.8. The first-order valence-corrected chi connectivity index (χ1v) is 8.34. The summed E-state index contributed by atoms with van der Waals surface area (Å²) in [6.07, 6.45) is 3.55. The number of fused-ring (bicyclic) bond motifs is 3. The highest BCUT2D eigenvalue weighted by molar-refractivity contribution is 7.15. The summed E-state index contributed by atoms with van der Waals surface area (Å²) in [6, 6.07) is 15.3. The molecule has 4 aromatic rings. The molecule has 0 aliphatic heterocycles. The molecule has 0 bridgehead atoms. The van der Waals surface area contributed by atoms with Crippen molar-refractivity contribution in [2.45, 2.75) is 0 Å². The van der Waals surface area contributed by atoms with E-state index < -0.39 is 0 Å². The molecule has 0 fully saturated rings. The molecule has 0 atom stereocenters. The molecular weight excluding hydrogens is 320 g/mol. The second kappa shape index (κ2) is 5.94. The summed E-state index contributed by atoms with van der Waals surface area (Å²) in [6.45, 7) is 4.08. The Bertz CT molecular complexity index is 1160. The van der Waals surface area contributed by atoms with E-state index >= 15 is 0 Å². The summed E-state index contributed by atoms with van der Waals surface area (Å²) in [5.41, 5.74) is 2.49. The zero-order chi connectivity index (χ0) is 16.5. The summed E-state index contributed by atoms with van der Waals surface area (Å²) in [5, 5.41) is 0. The molecule has 0 radical (unpaired) electrons. The average molecular weight is 334 g/mol. The lowest BCUT2D eigenvalue weighted by Gasteiger charge is -2.05. The standard InChI is InChI=1S/C19H14N2O2S/c1-2-11-23-16-10-6-3-7-13(16)12-17-18(22)21-15-9-5-4-8-14(15)20-19(21)24-17/h2-10,12H,1,11H2/b17-12-. The van der Waals surface area contributed by atoms with Crippen LogP contribution < -0.4 is 14.8 Å². The van der Waals surface area contributed by atoms with Gasteiger partial charge in [0.25, 0.3) is 5.56 Å². The van der Waals surface area contributed by atoms with Crippen LogP contribution in [0.15, 0.2) is 66.0 Å². The minimum atomic E-state index is -0.0535. The van der Waals surface area contributed by atoms with Crippen molar-refractivity contribution in [1.82, 2.24) is 9.38 Å². The maximum absolute atomic E-state index is 12.8. The van der Waals surface area contributed by atoms with E-state index in [0.29, 0.717) is 16.1 Å². The van der Waals surface area contributed by atoms with E-state index in [1.165, 1.54) is 11.3 Å². The minimum absolute atomic E-state index is 0.0535. The summed E-state index contributed by atoms with van der Waals surface area (Å²) in [4.78, 5) is 18.0. The Morgan fingerprint density at radius 2 is 1.96 bits per heavy atom. The SMILES string of the molecule is C=CCOc1ccccc1/C=c1\sc2nc3ccccc3n2c1=O. The smallest absolute Gasteiger partial charge is 0.274 e. The number of rotatable bonds is 4. The maximum atomic E-state index is 12.8. The number of benzene rings is 2. The number of hydrogen-bond acceptors (Lipinski definition) is 4. The van der Waals surface area contributed by atoms with Crippen molar-refractivity contribution in [3.63, 3.8) is 0 Å². The molecule has 0 unspecified atom stereocenters. The zero-order valence-corrected chi connectivity index (χ0v) is 13.6. The molecule has 5 heteroatoms. The Morgan fingerprint density at radius 3 is 2.83 bits per heavy atom. The predicted molar refractivity (Wildman–Crippen MR) is 97.8 cm³/mol. The molecule has 0 spiro atoms. The van der Waals surface area contributed by atoms with Crippen LogP contribution in [-0.4, -0.2) is 16.0 Å². The van der Waals surface area contributed by atoms with Crippen molar-refractivity contribution in [3.8, 4) is 5.75 Å². The molecule has 2 aromatic carbocycles. The molecule has 0 amide bonds. The lowest BCUT2D eigenvalue weighted by atomic mass is 10.2. The normalized spacial score (nSPS) is 12.1. The molecule has 0 N–H and O–H groups in total. The van der Waals surface area contributed by atoms with Gasteiger partial charge in [0, 0.05) is 5.56 Å². The van der Waals surface area contributed by atoms with Gasteiger partial charge in [-0.25, -0.2) is 9.38 Å². The molecule has 4 rings (SSSR count). The Morgan fingerprint density at radius 1 is 1.17 bits per heavy atom. The molecule has 0 saturated heterocycles. The van der Waals surface area contributed by atoms with Crippen molar-refractivity contribution in [1.29, 1.82) is 0 Å². The number of nitrogens with zero attached hydrogens (tertiary/aromatic N) is 2. The lowest BCUT2D eigenvalue weighted by molar-refractivity contribution is 0.362. The van der Waals surface area contributed by atoms with Crippen molar-refractivity contribution in [3.05, 3.63) is 81.6 Å². The average Bonchev–Trinajstić information content (AvgIpc) is 3.11. The quantitative estimate of drug-likeness (QED) is 0.539. The molecule has 24 heavy (non-hydrogen) atoms. The predicted octanol–water partition coefficient (Wildman–Crippen LogP) is 3.02. The van der Waals surface area contributed by atoms with Crippen LogP contribution in [0.5, 0.6) is 5.75 Å². The van der Waals surface area contributed by atoms with Gasteiger partial charge in [-0.3, -0.25) is 4.79 Å². The lowest BCUT2D eigenvalue weighted by Crippen LogP contribution is -2.22. The molecule has 2 heterocycles. The largest absolute Gasteiger partial charge is 0.489 e. The Labute approximate surface area is 142 Å². The van der Waals surface area contributed by atoms with Gasteiger partial charge in [0.2, 0.25) is 0 Å². The van der Waals surface area contributed by atoms with Crippen LogP contribution in [0.3, 0.4) is 0 Å². The monoisotopic (exact) mass is 334 g/mol. The van der Waals surface area contributed by atoms with Gasteiger partial charge in [0.15, 0.2) is 4.96 Å². The van der Waals surface area contributed by atoms with Crippen LogP contribution in [0, 0.1) is 0 Å². The highest BCUT2D eigenvalue weighted by atomic mass is 32.1. The summed E-state index contributed by atoms with van der Waals surface area (Å²) < 4.78 is 7.96. The van der Waals surface area contributed by atoms with E-state index in [0.717, 1.165) is 22.3 Å². The first-order chi connectivity index (χ1) is 11.8. The molecular formula is C19H14N2O2S. The fraction of sp³-hybridized carbons (Fsp3) is 0.0526. The topological polar surface area (TPSA) is 43.6 Å². The minimum Gasteiger partial charge on any atom is -0.489 e. The summed E-state index contributed by atoms with van der Waals surface area (Å²) >= 11 is 1.39. The summed E-state index contributed by atoms with van der Waals surface area (Å²) in [5.74, 6) is 0.729. The third kappa shape index (κ3) is 2.39. The van der Waals surface area contributed by atoms with Gasteiger partial charge in [-0.15, -0.1) is 0 Å². The highest BCUT2D eigenvalue weighted by Gasteiger charge is 2.11. The van der Waals surface area contributed by atoms with Crippen LogP contribution in [0.25, 0.3) is 22.1 Å². The van der Waals surface area contributed by atoms with E-state index in [4.69, 9.17) is 4.74 Å². The van der Waals surface area contributed by atoms with Gasteiger partial charge < -0.3 is 4.74 Å². The maximum Gasteiger partial charge on any atom is 0.274 e. The van der Waals surface area contributed by atoms with Gasteiger partial charge in [-0.1, -0.05) is 54.3 Å². The van der Waals surface area contributed by atoms with Crippen molar-refractivity contribution in [2.75, 3.05) is 6.61 Å². The van der Waals surface area contributed by atoms with Crippen LogP contribution in [0.2, 0.25) is 0 Å². The van der Waals surface area contributed by atoms with E-state index in [1.807, 2.05) is 54.6 Å². The van der Waals surface area contributed by atoms with E-state index in [1.54, 1.807) is 10.5 Å². The van der Waals surface area contributed by atoms with Crippen molar-refractivity contribution < 1.29 is 4.74 Å². The molecule has 0 aliphatic carbocycles. The highest BCUT2D eigenvalue weighted by Crippen LogP contribution is 2.19. The number of hydrogen-bond donors (Lipinski definition) is 0. The Kier molecular flexibility index (Phi) is 3.63. The first-order valence-electron chi connectivity index (χ1n) is 7.52. The second-order valence-electron chi connectivity index (χ2n) is 5.27. The molecule has 0 saturated carbocycles. The first kappa shape index (κ1) is 14.7. The second-order valence-corrected chi connectivity index (χ2v) is 6.28. The van der Waals surface area contributed by atoms with Gasteiger partial charge in [-0.05, 0) is 24.3 Å². The van der Waals surface area contributed by atoms with Gasteiger partial charge in [0.05, 0.1) is 15.6 Å². The number of thiazole rings is 1. The van der Waals surface area contributed by atoms with Crippen LogP contribution in [0.4, 0.5) is 0 Å². The summed E-state index contributed by atoms with van der Waals surface area (Å²) in [7, 11) is 0. The fourth-order valence-corrected chi connectivity index (χ4v) is 3.61. The van der Waals surface area contributed by atoms with Crippen LogP contribution in [0.1, 0.15) is 5.56 Å². The van der Waals surface area contributed by atoms with Crippen molar-refractivity contribution in [2.24, 2.45) is 0 Å². The van der Waals surface area contributed by atoms with E-state index in [9.17, 15) is 4.79 Å². The number of aromatic nitrogens is 2. The van der Waals surface area contributed by atoms with E-state index in [2.05, 4.69) is 11.6 Å².